The Bertz CT molecular complexity index is 193. The Morgan fingerprint density at radius 1 is 1.07 bits per heavy atom. The van der Waals surface area contributed by atoms with E-state index in [4.69, 9.17) is 0 Å². The molecule has 0 atom stereocenters. The van der Waals surface area contributed by atoms with Crippen molar-refractivity contribution in [2.75, 3.05) is 34.7 Å². The van der Waals surface area contributed by atoms with Crippen molar-refractivity contribution >= 4 is 5.96 Å². The van der Waals surface area contributed by atoms with Gasteiger partial charge >= 0.3 is 0 Å². The number of hydrogen-bond acceptors (Lipinski definition) is 1. The first-order valence-corrected chi connectivity index (χ1v) is 6.00. The SMILES string of the molecule is CN(C)C(=NCCC1CCCC1)N(C)C. The first-order valence-electron chi connectivity index (χ1n) is 6.00. The first kappa shape index (κ1) is 12.3. The summed E-state index contributed by atoms with van der Waals surface area (Å²) in [5, 5.41) is 0. The molecule has 15 heavy (non-hydrogen) atoms. The first-order chi connectivity index (χ1) is 7.11. The smallest absolute Gasteiger partial charge is 0.195 e. The molecular formula is C12H25N3. The van der Waals surface area contributed by atoms with Crippen LogP contribution in [-0.4, -0.2) is 50.5 Å². The zero-order chi connectivity index (χ0) is 11.3. The second kappa shape index (κ2) is 5.99. The van der Waals surface area contributed by atoms with Gasteiger partial charge in [0.05, 0.1) is 0 Å². The molecule has 0 heterocycles. The maximum Gasteiger partial charge on any atom is 0.195 e. The summed E-state index contributed by atoms with van der Waals surface area (Å²) in [6.07, 6.45) is 6.99. The predicted octanol–water partition coefficient (Wildman–Crippen LogP) is 2.05. The lowest BCUT2D eigenvalue weighted by Crippen LogP contribution is -2.35. The third-order valence-electron chi connectivity index (χ3n) is 3.07. The minimum absolute atomic E-state index is 0.944. The van der Waals surface area contributed by atoms with Gasteiger partial charge in [0, 0.05) is 34.7 Å². The van der Waals surface area contributed by atoms with Gasteiger partial charge in [-0.1, -0.05) is 25.7 Å². The van der Waals surface area contributed by atoms with Crippen LogP contribution in [0.1, 0.15) is 32.1 Å². The highest BCUT2D eigenvalue weighted by molar-refractivity contribution is 5.79. The molecule has 1 saturated carbocycles. The molecule has 0 aliphatic heterocycles. The van der Waals surface area contributed by atoms with Crippen LogP contribution >= 0.6 is 0 Å². The van der Waals surface area contributed by atoms with Crippen LogP contribution in [0.25, 0.3) is 0 Å². The largest absolute Gasteiger partial charge is 0.349 e. The van der Waals surface area contributed by atoms with E-state index in [9.17, 15) is 0 Å². The quantitative estimate of drug-likeness (QED) is 0.525. The summed E-state index contributed by atoms with van der Waals surface area (Å²) < 4.78 is 0. The molecule has 0 bridgehead atoms. The third kappa shape index (κ3) is 4.10. The zero-order valence-electron chi connectivity index (χ0n) is 10.7. The highest BCUT2D eigenvalue weighted by Crippen LogP contribution is 2.27. The van der Waals surface area contributed by atoms with Crippen molar-refractivity contribution in [2.45, 2.75) is 32.1 Å². The fraction of sp³-hybridized carbons (Fsp3) is 0.917. The van der Waals surface area contributed by atoms with Crippen molar-refractivity contribution in [3.8, 4) is 0 Å². The van der Waals surface area contributed by atoms with Gasteiger partial charge in [0.25, 0.3) is 0 Å². The summed E-state index contributed by atoms with van der Waals surface area (Å²) in [5.41, 5.74) is 0. The lowest BCUT2D eigenvalue weighted by atomic mass is 10.0. The second-order valence-corrected chi connectivity index (χ2v) is 4.91. The van der Waals surface area contributed by atoms with Crippen molar-refractivity contribution in [1.82, 2.24) is 9.80 Å². The molecule has 0 aromatic rings. The molecule has 0 spiro atoms. The zero-order valence-corrected chi connectivity index (χ0v) is 10.7. The van der Waals surface area contributed by atoms with Crippen molar-refractivity contribution in [2.24, 2.45) is 10.9 Å². The molecule has 88 valence electrons. The van der Waals surface area contributed by atoms with Crippen LogP contribution in [0, 0.1) is 5.92 Å². The van der Waals surface area contributed by atoms with E-state index in [0.29, 0.717) is 0 Å². The van der Waals surface area contributed by atoms with E-state index in [1.54, 1.807) is 0 Å². The minimum Gasteiger partial charge on any atom is -0.349 e. The average molecular weight is 211 g/mol. The molecule has 0 aromatic carbocycles. The monoisotopic (exact) mass is 211 g/mol. The molecule has 3 nitrogen and oxygen atoms in total. The van der Waals surface area contributed by atoms with Gasteiger partial charge in [-0.3, -0.25) is 4.99 Å². The van der Waals surface area contributed by atoms with Crippen LogP contribution in [0.3, 0.4) is 0 Å². The molecule has 0 saturated heterocycles. The molecule has 1 aliphatic rings. The molecule has 0 N–H and O–H groups in total. The fourth-order valence-corrected chi connectivity index (χ4v) is 2.33. The van der Waals surface area contributed by atoms with E-state index >= 15 is 0 Å². The maximum absolute atomic E-state index is 4.65. The Balaban J connectivity index is 2.32. The van der Waals surface area contributed by atoms with Crippen LogP contribution < -0.4 is 0 Å². The Kier molecular flexibility index (Phi) is 4.92. The molecule has 0 aromatic heterocycles. The summed E-state index contributed by atoms with van der Waals surface area (Å²) in [6, 6.07) is 0. The fourth-order valence-electron chi connectivity index (χ4n) is 2.33. The number of nitrogens with zero attached hydrogens (tertiary/aromatic N) is 3. The predicted molar refractivity (Wildman–Crippen MR) is 66.3 cm³/mol. The van der Waals surface area contributed by atoms with Crippen molar-refractivity contribution in [1.29, 1.82) is 0 Å². The van der Waals surface area contributed by atoms with Crippen molar-refractivity contribution in [3.63, 3.8) is 0 Å². The van der Waals surface area contributed by atoms with E-state index < -0.39 is 0 Å². The molecule has 1 fully saturated rings. The highest BCUT2D eigenvalue weighted by Gasteiger charge is 2.14. The van der Waals surface area contributed by atoms with Gasteiger partial charge in [-0.15, -0.1) is 0 Å². The summed E-state index contributed by atoms with van der Waals surface area (Å²) in [6.45, 7) is 0.982. The summed E-state index contributed by atoms with van der Waals surface area (Å²) >= 11 is 0. The van der Waals surface area contributed by atoms with Gasteiger partial charge in [0.15, 0.2) is 5.96 Å². The summed E-state index contributed by atoms with van der Waals surface area (Å²) in [7, 11) is 8.20. The van der Waals surface area contributed by atoms with Gasteiger partial charge in [-0.25, -0.2) is 0 Å². The molecular weight excluding hydrogens is 186 g/mol. The Morgan fingerprint density at radius 3 is 2.07 bits per heavy atom. The van der Waals surface area contributed by atoms with E-state index in [2.05, 4.69) is 43.0 Å². The topological polar surface area (TPSA) is 18.8 Å². The Hall–Kier alpha value is -0.730. The van der Waals surface area contributed by atoms with Crippen LogP contribution in [0.15, 0.2) is 4.99 Å². The van der Waals surface area contributed by atoms with Gasteiger partial charge in [0.2, 0.25) is 0 Å². The number of hydrogen-bond donors (Lipinski definition) is 0. The maximum atomic E-state index is 4.65. The van der Waals surface area contributed by atoms with E-state index in [1.807, 2.05) is 0 Å². The van der Waals surface area contributed by atoms with Crippen LogP contribution in [-0.2, 0) is 0 Å². The number of aliphatic imine (C=N–C) groups is 1. The molecule has 0 unspecified atom stereocenters. The van der Waals surface area contributed by atoms with Crippen molar-refractivity contribution < 1.29 is 0 Å². The standard InChI is InChI=1S/C12H25N3/c1-14(2)12(15(3)4)13-10-9-11-7-5-6-8-11/h11H,5-10H2,1-4H3. The van der Waals surface area contributed by atoms with E-state index in [-0.39, 0.29) is 0 Å². The molecule has 1 rings (SSSR count). The van der Waals surface area contributed by atoms with Crippen LogP contribution in [0.2, 0.25) is 0 Å². The summed E-state index contributed by atoms with van der Waals surface area (Å²) in [4.78, 5) is 8.81. The van der Waals surface area contributed by atoms with E-state index in [1.165, 1.54) is 32.1 Å². The Morgan fingerprint density at radius 2 is 1.60 bits per heavy atom. The van der Waals surface area contributed by atoms with Gasteiger partial charge < -0.3 is 9.80 Å². The molecule has 0 amide bonds. The van der Waals surface area contributed by atoms with Crippen LogP contribution in [0.4, 0.5) is 0 Å². The van der Waals surface area contributed by atoms with E-state index in [0.717, 1.165) is 18.4 Å². The van der Waals surface area contributed by atoms with Gasteiger partial charge in [0.1, 0.15) is 0 Å². The van der Waals surface area contributed by atoms with Crippen molar-refractivity contribution in [3.05, 3.63) is 0 Å². The number of guanidine groups is 1. The highest BCUT2D eigenvalue weighted by atomic mass is 15.3. The Labute approximate surface area is 94.2 Å². The lowest BCUT2D eigenvalue weighted by Gasteiger charge is -2.22. The molecule has 3 heteroatoms. The third-order valence-corrected chi connectivity index (χ3v) is 3.07. The molecule has 1 aliphatic carbocycles. The lowest BCUT2D eigenvalue weighted by molar-refractivity contribution is 0.468. The second-order valence-electron chi connectivity index (χ2n) is 4.91. The van der Waals surface area contributed by atoms with Gasteiger partial charge in [-0.2, -0.15) is 0 Å². The average Bonchev–Trinajstić information content (AvgIpc) is 2.63. The minimum atomic E-state index is 0.944. The normalized spacial score (nSPS) is 16.5. The number of rotatable bonds is 3. The van der Waals surface area contributed by atoms with Crippen LogP contribution in [0.5, 0.6) is 0 Å². The molecule has 0 radical (unpaired) electrons. The summed E-state index contributed by atoms with van der Waals surface area (Å²) in [5.74, 6) is 2.02. The van der Waals surface area contributed by atoms with Gasteiger partial charge in [-0.05, 0) is 12.3 Å².